The molecule has 3 rings (SSSR count). The molecule has 140 valence electrons. The van der Waals surface area contributed by atoms with Gasteiger partial charge < -0.3 is 5.32 Å². The fraction of sp³-hybridized carbons (Fsp3) is 0.278. The average molecular weight is 403 g/mol. The average Bonchev–Trinajstić information content (AvgIpc) is 2.88. The summed E-state index contributed by atoms with van der Waals surface area (Å²) >= 11 is 2.97. The van der Waals surface area contributed by atoms with Crippen molar-refractivity contribution in [2.45, 2.75) is 32.7 Å². The number of amides is 1. The van der Waals surface area contributed by atoms with E-state index in [1.807, 2.05) is 20.8 Å². The molecule has 27 heavy (non-hydrogen) atoms. The minimum atomic E-state index is -0.457. The van der Waals surface area contributed by atoms with Crippen molar-refractivity contribution in [1.29, 1.82) is 0 Å². The first-order valence-corrected chi connectivity index (χ1v) is 9.99. The molecule has 0 bridgehead atoms. The van der Waals surface area contributed by atoms with Crippen LogP contribution >= 0.6 is 23.1 Å². The highest BCUT2D eigenvalue weighted by atomic mass is 32.2. The van der Waals surface area contributed by atoms with Crippen LogP contribution < -0.4 is 5.32 Å². The Hall–Kier alpha value is -2.52. The zero-order valence-electron chi connectivity index (χ0n) is 15.3. The van der Waals surface area contributed by atoms with Crippen molar-refractivity contribution in [3.05, 3.63) is 50.1 Å². The highest BCUT2D eigenvalue weighted by molar-refractivity contribution is 8.00. The molecule has 2 aromatic heterocycles. The van der Waals surface area contributed by atoms with Crippen molar-refractivity contribution in [2.24, 2.45) is 0 Å². The molecule has 0 unspecified atom stereocenters. The molecular weight excluding hydrogens is 384 g/mol. The molecule has 0 radical (unpaired) electrons. The first kappa shape index (κ1) is 19.2. The van der Waals surface area contributed by atoms with Gasteiger partial charge in [-0.25, -0.2) is 9.97 Å². The Morgan fingerprint density at radius 2 is 1.96 bits per heavy atom. The Bertz CT molecular complexity index is 1060. The number of hydrogen-bond acceptors (Lipinski definition) is 7. The Kier molecular flexibility index (Phi) is 5.43. The van der Waals surface area contributed by atoms with Crippen LogP contribution in [0, 0.1) is 37.8 Å². The summed E-state index contributed by atoms with van der Waals surface area (Å²) in [7, 11) is 0. The fourth-order valence-electron chi connectivity index (χ4n) is 2.70. The van der Waals surface area contributed by atoms with Gasteiger partial charge in [0.25, 0.3) is 5.69 Å². The summed E-state index contributed by atoms with van der Waals surface area (Å²) in [5.74, 6) is 0.584. The minimum Gasteiger partial charge on any atom is -0.325 e. The number of carbonyl (C=O) groups is 1. The molecule has 0 spiro atoms. The van der Waals surface area contributed by atoms with Crippen LogP contribution in [-0.4, -0.2) is 26.6 Å². The summed E-state index contributed by atoms with van der Waals surface area (Å²) in [6.45, 7) is 7.53. The molecule has 0 aliphatic rings. The lowest BCUT2D eigenvalue weighted by Gasteiger charge is -2.09. The number of rotatable bonds is 5. The first-order chi connectivity index (χ1) is 12.8. The van der Waals surface area contributed by atoms with E-state index in [0.29, 0.717) is 17.1 Å². The lowest BCUT2D eigenvalue weighted by molar-refractivity contribution is -0.385. The van der Waals surface area contributed by atoms with Crippen LogP contribution in [0.2, 0.25) is 0 Å². The van der Waals surface area contributed by atoms with Gasteiger partial charge in [-0.3, -0.25) is 14.9 Å². The van der Waals surface area contributed by atoms with Gasteiger partial charge in [0.05, 0.1) is 21.9 Å². The monoisotopic (exact) mass is 402 g/mol. The zero-order chi connectivity index (χ0) is 19.7. The van der Waals surface area contributed by atoms with E-state index in [0.717, 1.165) is 20.8 Å². The standard InChI is InChI=1S/C18H18N4O3S2/c1-9-11(3)27-18-16(9)17(19-12(4)20-18)26-8-15(23)21-13-6-5-7-14(10(13)2)22(24)25/h5-7H,8H2,1-4H3,(H,21,23). The molecule has 1 amide bonds. The quantitative estimate of drug-likeness (QED) is 0.291. The molecule has 0 aliphatic heterocycles. The summed E-state index contributed by atoms with van der Waals surface area (Å²) < 4.78 is 0. The smallest absolute Gasteiger partial charge is 0.274 e. The third-order valence-corrected chi connectivity index (χ3v) is 6.30. The zero-order valence-corrected chi connectivity index (χ0v) is 17.0. The molecule has 0 fully saturated rings. The highest BCUT2D eigenvalue weighted by Gasteiger charge is 2.17. The third-order valence-electron chi connectivity index (χ3n) is 4.22. The molecule has 1 aromatic carbocycles. The summed E-state index contributed by atoms with van der Waals surface area (Å²) in [6, 6.07) is 4.63. The molecular formula is C18H18N4O3S2. The van der Waals surface area contributed by atoms with Gasteiger partial charge in [0, 0.05) is 16.3 Å². The second-order valence-electron chi connectivity index (χ2n) is 6.08. The second kappa shape index (κ2) is 7.61. The Balaban J connectivity index is 1.78. The van der Waals surface area contributed by atoms with Crippen molar-refractivity contribution in [3.63, 3.8) is 0 Å². The van der Waals surface area contributed by atoms with Gasteiger partial charge >= 0.3 is 0 Å². The lowest BCUT2D eigenvalue weighted by Crippen LogP contribution is -2.15. The maximum absolute atomic E-state index is 12.4. The van der Waals surface area contributed by atoms with Crippen LogP contribution in [0.5, 0.6) is 0 Å². The van der Waals surface area contributed by atoms with Gasteiger partial charge in [0.2, 0.25) is 5.91 Å². The highest BCUT2D eigenvalue weighted by Crippen LogP contribution is 2.35. The minimum absolute atomic E-state index is 0.0158. The van der Waals surface area contributed by atoms with Crippen molar-refractivity contribution in [3.8, 4) is 0 Å². The van der Waals surface area contributed by atoms with E-state index in [2.05, 4.69) is 15.3 Å². The molecule has 2 heterocycles. The van der Waals surface area contributed by atoms with E-state index in [1.165, 1.54) is 22.7 Å². The number of carbonyl (C=O) groups excluding carboxylic acids is 1. The van der Waals surface area contributed by atoms with Crippen molar-refractivity contribution in [1.82, 2.24) is 9.97 Å². The normalized spacial score (nSPS) is 11.0. The van der Waals surface area contributed by atoms with Crippen molar-refractivity contribution < 1.29 is 9.72 Å². The van der Waals surface area contributed by atoms with Gasteiger partial charge in [0.1, 0.15) is 15.7 Å². The molecule has 0 saturated carbocycles. The number of benzene rings is 1. The summed E-state index contributed by atoms with van der Waals surface area (Å²) in [6.07, 6.45) is 0. The number of nitro benzene ring substituents is 1. The summed E-state index contributed by atoms with van der Waals surface area (Å²) in [5, 5.41) is 15.6. The van der Waals surface area contributed by atoms with Crippen LogP contribution in [0.15, 0.2) is 23.2 Å². The van der Waals surface area contributed by atoms with Crippen LogP contribution in [0.3, 0.4) is 0 Å². The number of thioether (sulfide) groups is 1. The van der Waals surface area contributed by atoms with Crippen LogP contribution in [0.4, 0.5) is 11.4 Å². The largest absolute Gasteiger partial charge is 0.325 e. The predicted octanol–water partition coefficient (Wildman–Crippen LogP) is 4.56. The number of aromatic nitrogens is 2. The maximum atomic E-state index is 12.4. The summed E-state index contributed by atoms with van der Waals surface area (Å²) in [5.41, 5.74) is 2.00. The van der Waals surface area contributed by atoms with Gasteiger partial charge in [-0.15, -0.1) is 11.3 Å². The van der Waals surface area contributed by atoms with Crippen LogP contribution in [-0.2, 0) is 4.79 Å². The van der Waals surface area contributed by atoms with E-state index < -0.39 is 4.92 Å². The number of nitrogens with one attached hydrogen (secondary N) is 1. The molecule has 0 aliphatic carbocycles. The van der Waals surface area contributed by atoms with Gasteiger partial charge in [-0.1, -0.05) is 17.8 Å². The van der Waals surface area contributed by atoms with Crippen LogP contribution in [0.1, 0.15) is 21.8 Å². The number of aryl methyl sites for hydroxylation is 3. The Morgan fingerprint density at radius 3 is 2.67 bits per heavy atom. The number of thiophene rings is 1. The van der Waals surface area contributed by atoms with Crippen molar-refractivity contribution >= 4 is 50.6 Å². The molecule has 9 heteroatoms. The van der Waals surface area contributed by atoms with E-state index in [9.17, 15) is 14.9 Å². The van der Waals surface area contributed by atoms with Crippen molar-refractivity contribution in [2.75, 3.05) is 11.1 Å². The van der Waals surface area contributed by atoms with Crippen LogP contribution in [0.25, 0.3) is 10.2 Å². The first-order valence-electron chi connectivity index (χ1n) is 8.19. The fourth-order valence-corrected chi connectivity index (χ4v) is 4.77. The lowest BCUT2D eigenvalue weighted by atomic mass is 10.1. The third kappa shape index (κ3) is 3.93. The van der Waals surface area contributed by atoms with Gasteiger partial charge in [0.15, 0.2) is 0 Å². The van der Waals surface area contributed by atoms with Gasteiger partial charge in [-0.05, 0) is 39.3 Å². The second-order valence-corrected chi connectivity index (χ2v) is 8.25. The predicted molar refractivity (Wildman–Crippen MR) is 109 cm³/mol. The number of hydrogen-bond donors (Lipinski definition) is 1. The number of nitro groups is 1. The maximum Gasteiger partial charge on any atom is 0.274 e. The topological polar surface area (TPSA) is 98.0 Å². The molecule has 7 nitrogen and oxygen atoms in total. The van der Waals surface area contributed by atoms with E-state index in [1.54, 1.807) is 30.4 Å². The SMILES string of the molecule is Cc1nc(SCC(=O)Nc2cccc([N+](=O)[O-])c2C)c2c(C)c(C)sc2n1. The number of fused-ring (bicyclic) bond motifs is 1. The molecule has 0 atom stereocenters. The van der Waals surface area contributed by atoms with E-state index in [4.69, 9.17) is 0 Å². The Morgan fingerprint density at radius 1 is 1.22 bits per heavy atom. The summed E-state index contributed by atoms with van der Waals surface area (Å²) in [4.78, 5) is 34.1. The number of anilines is 1. The molecule has 3 aromatic rings. The van der Waals surface area contributed by atoms with E-state index in [-0.39, 0.29) is 17.3 Å². The molecule has 1 N–H and O–H groups in total. The molecule has 0 saturated heterocycles. The number of nitrogens with zero attached hydrogens (tertiary/aromatic N) is 3. The van der Waals surface area contributed by atoms with E-state index >= 15 is 0 Å². The Labute approximate surface area is 164 Å². The van der Waals surface area contributed by atoms with Gasteiger partial charge in [-0.2, -0.15) is 0 Å².